The van der Waals surface area contributed by atoms with Crippen LogP contribution in [-0.2, 0) is 0 Å². The van der Waals surface area contributed by atoms with Crippen LogP contribution in [0.25, 0.3) is 34.1 Å². The fourth-order valence-electron chi connectivity index (χ4n) is 5.63. The second kappa shape index (κ2) is 19.9. The van der Waals surface area contributed by atoms with Gasteiger partial charge >= 0.3 is 0 Å². The van der Waals surface area contributed by atoms with Crippen molar-refractivity contribution < 1.29 is 9.59 Å². The number of nitrogens with zero attached hydrogens (tertiary/aromatic N) is 2. The van der Waals surface area contributed by atoms with Crippen LogP contribution < -0.4 is 9.80 Å². The lowest BCUT2D eigenvalue weighted by molar-refractivity contribution is 0.111. The van der Waals surface area contributed by atoms with E-state index in [9.17, 15) is 9.59 Å². The van der Waals surface area contributed by atoms with E-state index in [1.54, 1.807) is 22.7 Å². The lowest BCUT2D eigenvalue weighted by Gasteiger charge is -2.24. The Hall–Kier alpha value is -3.74. The van der Waals surface area contributed by atoms with Crippen molar-refractivity contribution in [2.45, 2.75) is 79.1 Å². The minimum atomic E-state index is 0.615. The van der Waals surface area contributed by atoms with Crippen LogP contribution in [0.4, 0.5) is 11.4 Å². The summed E-state index contributed by atoms with van der Waals surface area (Å²) in [6.07, 6.45) is 19.7. The van der Waals surface area contributed by atoms with Gasteiger partial charge in [-0.05, 0) is 85.4 Å². The van der Waals surface area contributed by atoms with Gasteiger partial charge in [-0.25, -0.2) is 0 Å². The summed E-state index contributed by atoms with van der Waals surface area (Å²) in [6, 6.07) is 21.3. The molecule has 0 saturated heterocycles. The lowest BCUT2D eigenvalue weighted by Crippen LogP contribution is -2.25. The molecule has 0 radical (unpaired) electrons. The number of anilines is 2. The van der Waals surface area contributed by atoms with Gasteiger partial charge in [0.2, 0.25) is 0 Å². The number of carbonyl (C=O) groups is 2. The van der Waals surface area contributed by atoms with Crippen molar-refractivity contribution in [3.63, 3.8) is 0 Å². The van der Waals surface area contributed by atoms with Gasteiger partial charge in [0.1, 0.15) is 0 Å². The second-order valence-corrected chi connectivity index (χ2v) is 14.5. The van der Waals surface area contributed by atoms with Crippen molar-refractivity contribution in [1.29, 1.82) is 0 Å². The monoisotopic (exact) mass is 680 g/mol. The fraction of sp³-hybridized carbons (Fsp3) is 0.381. The molecular formula is C42H52N2O2S2. The van der Waals surface area contributed by atoms with Gasteiger partial charge in [0.25, 0.3) is 0 Å². The smallest absolute Gasteiger partial charge is 0.151 e. The van der Waals surface area contributed by atoms with Crippen LogP contribution in [0.5, 0.6) is 0 Å². The Morgan fingerprint density at radius 2 is 0.833 bits per heavy atom. The van der Waals surface area contributed by atoms with E-state index >= 15 is 0 Å². The first-order valence-corrected chi connectivity index (χ1v) is 19.4. The maximum absolute atomic E-state index is 12.1. The van der Waals surface area contributed by atoms with Gasteiger partial charge in [-0.3, -0.25) is 9.59 Å². The minimum absolute atomic E-state index is 0.615. The summed E-state index contributed by atoms with van der Waals surface area (Å²) in [7, 11) is 0. The number of carbonyl (C=O) groups excluding carboxylic acids is 2. The number of unbranched alkanes of at least 4 members (excludes halogenated alkanes) is 4. The SMILES string of the molecule is CCCCN(CCCC)c1ccc(/C=C/c2cc(C=O)c(-c3sc(/C=C/c4ccc(N(CCCC)CCCC)cc4)cc3C=O)s2)cc1. The molecule has 4 rings (SSSR count). The summed E-state index contributed by atoms with van der Waals surface area (Å²) in [4.78, 5) is 32.9. The van der Waals surface area contributed by atoms with Crippen LogP contribution in [0.2, 0.25) is 0 Å². The number of benzene rings is 2. The third-order valence-corrected chi connectivity index (χ3v) is 10.9. The van der Waals surface area contributed by atoms with Crippen LogP contribution in [-0.4, -0.2) is 38.8 Å². The summed E-state index contributed by atoms with van der Waals surface area (Å²) in [5.41, 5.74) is 6.01. The van der Waals surface area contributed by atoms with Crippen LogP contribution >= 0.6 is 22.7 Å². The Labute approximate surface area is 296 Å². The maximum Gasteiger partial charge on any atom is 0.151 e. The van der Waals surface area contributed by atoms with Crippen LogP contribution in [0.15, 0.2) is 60.7 Å². The molecule has 254 valence electrons. The molecule has 4 nitrogen and oxygen atoms in total. The Kier molecular flexibility index (Phi) is 15.4. The number of hydrogen-bond donors (Lipinski definition) is 0. The van der Waals surface area contributed by atoms with Crippen molar-refractivity contribution in [1.82, 2.24) is 0 Å². The van der Waals surface area contributed by atoms with Crippen LogP contribution in [0.1, 0.15) is 121 Å². The molecular weight excluding hydrogens is 629 g/mol. The molecule has 0 bridgehead atoms. The first-order chi connectivity index (χ1) is 23.5. The molecule has 0 saturated carbocycles. The predicted octanol–water partition coefficient (Wildman–Crippen LogP) is 12.3. The van der Waals surface area contributed by atoms with Crippen LogP contribution in [0, 0.1) is 0 Å². The standard InChI is InChI=1S/C42H52N2O2S2/c1-5-9-25-43(26-10-6-2)37-19-13-33(14-20-37)17-23-39-29-35(31-45)41(47-39)42-36(32-46)30-40(48-42)24-18-34-15-21-38(22-16-34)44(27-11-7-3)28-12-8-4/h13-24,29-32H,5-12,25-28H2,1-4H3/b23-17+,24-18+. The van der Waals surface area contributed by atoms with E-state index < -0.39 is 0 Å². The largest absolute Gasteiger partial charge is 0.372 e. The highest BCUT2D eigenvalue weighted by molar-refractivity contribution is 7.23. The highest BCUT2D eigenvalue weighted by Crippen LogP contribution is 2.40. The maximum atomic E-state index is 12.1. The molecule has 0 aliphatic heterocycles. The first-order valence-electron chi connectivity index (χ1n) is 17.8. The van der Waals surface area contributed by atoms with E-state index in [0.29, 0.717) is 11.1 Å². The zero-order valence-corrected chi connectivity index (χ0v) is 30.9. The van der Waals surface area contributed by atoms with Crippen LogP contribution in [0.3, 0.4) is 0 Å². The molecule has 4 aromatic rings. The summed E-state index contributed by atoms with van der Waals surface area (Å²) in [5.74, 6) is 0. The van der Waals surface area contributed by atoms with Crippen molar-refractivity contribution in [2.24, 2.45) is 0 Å². The molecule has 0 spiro atoms. The summed E-state index contributed by atoms with van der Waals surface area (Å²) in [6.45, 7) is 13.3. The van der Waals surface area contributed by atoms with E-state index in [4.69, 9.17) is 0 Å². The average molecular weight is 681 g/mol. The Morgan fingerprint density at radius 3 is 1.12 bits per heavy atom. The minimum Gasteiger partial charge on any atom is -0.372 e. The van der Waals surface area contributed by atoms with E-state index in [0.717, 1.165) is 69.4 Å². The zero-order chi connectivity index (χ0) is 34.1. The molecule has 2 aromatic heterocycles. The quantitative estimate of drug-likeness (QED) is 0.0821. The topological polar surface area (TPSA) is 40.6 Å². The van der Waals surface area contributed by atoms with Crippen molar-refractivity contribution >= 4 is 70.9 Å². The average Bonchev–Trinajstić information content (AvgIpc) is 3.74. The van der Waals surface area contributed by atoms with Crippen molar-refractivity contribution in [3.05, 3.63) is 92.7 Å². The van der Waals surface area contributed by atoms with E-state index in [1.165, 1.54) is 62.7 Å². The summed E-state index contributed by atoms with van der Waals surface area (Å²) >= 11 is 3.10. The summed E-state index contributed by atoms with van der Waals surface area (Å²) in [5, 5.41) is 0. The van der Waals surface area contributed by atoms with Gasteiger partial charge in [-0.2, -0.15) is 0 Å². The first kappa shape index (κ1) is 37.1. The van der Waals surface area contributed by atoms with Gasteiger partial charge in [-0.15, -0.1) is 22.7 Å². The molecule has 2 heterocycles. The predicted molar refractivity (Wildman–Crippen MR) is 213 cm³/mol. The Morgan fingerprint density at radius 1 is 0.500 bits per heavy atom. The number of rotatable bonds is 21. The fourth-order valence-corrected chi connectivity index (χ4v) is 7.87. The highest BCUT2D eigenvalue weighted by Gasteiger charge is 2.17. The number of hydrogen-bond acceptors (Lipinski definition) is 6. The molecule has 0 unspecified atom stereocenters. The summed E-state index contributed by atoms with van der Waals surface area (Å²) < 4.78 is 0. The van der Waals surface area contributed by atoms with E-state index in [1.807, 2.05) is 12.1 Å². The lowest BCUT2D eigenvalue weighted by atomic mass is 10.1. The second-order valence-electron chi connectivity index (χ2n) is 12.3. The zero-order valence-electron chi connectivity index (χ0n) is 29.3. The third kappa shape index (κ3) is 10.6. The van der Waals surface area contributed by atoms with E-state index in [2.05, 4.69) is 110 Å². The van der Waals surface area contributed by atoms with Gasteiger partial charge in [0.15, 0.2) is 12.6 Å². The van der Waals surface area contributed by atoms with Gasteiger partial charge in [0.05, 0.1) is 9.75 Å². The number of aldehydes is 2. The Bertz CT molecular complexity index is 1470. The molecule has 0 aliphatic carbocycles. The number of thiophene rings is 2. The molecule has 0 amide bonds. The van der Waals surface area contributed by atoms with Gasteiger partial charge in [-0.1, -0.05) is 89.8 Å². The molecule has 0 atom stereocenters. The molecule has 0 fully saturated rings. The third-order valence-electron chi connectivity index (χ3n) is 8.54. The molecule has 0 N–H and O–H groups in total. The van der Waals surface area contributed by atoms with Gasteiger partial charge in [0, 0.05) is 58.4 Å². The molecule has 48 heavy (non-hydrogen) atoms. The molecule has 2 aromatic carbocycles. The van der Waals surface area contributed by atoms with Crippen molar-refractivity contribution in [2.75, 3.05) is 36.0 Å². The molecule has 0 aliphatic rings. The van der Waals surface area contributed by atoms with Gasteiger partial charge < -0.3 is 9.80 Å². The van der Waals surface area contributed by atoms with Crippen molar-refractivity contribution in [3.8, 4) is 9.75 Å². The normalized spacial score (nSPS) is 11.5. The Balaban J connectivity index is 1.48. The van der Waals surface area contributed by atoms with E-state index in [-0.39, 0.29) is 0 Å². The molecule has 6 heteroatoms. The highest BCUT2D eigenvalue weighted by atomic mass is 32.1.